The summed E-state index contributed by atoms with van der Waals surface area (Å²) >= 11 is 3.32. The Hall–Kier alpha value is -8.66. The molecule has 72 heavy (non-hydrogen) atoms. The average molecular weight is 990 g/mol. The standard InChI is InChI=1S/C32H20N2.C22H15BO2.C10H7BrN2/c1-2-12-23-21(10-1)22-11-3-5-14-25(22)32-26-15-6-4-13-24(26)27(20-28(23)32)29-17-9-18-31(34-29)30-16-7-8-19-33-30;24-23(25)21-13-20-16-9-2-1-7-14(16)15-8-3-5-11-18(15)22(20)19-12-6-4-10-17(19)21;11-10-6-3-5-9(13-10)8-4-1-2-7-12-8/h1-20H;1-13,24-25H;1-7H. The van der Waals surface area contributed by atoms with E-state index in [1.807, 2.05) is 103 Å². The molecule has 14 aromatic rings. The first-order valence-electron chi connectivity index (χ1n) is 23.8. The van der Waals surface area contributed by atoms with E-state index in [0.717, 1.165) is 65.6 Å². The van der Waals surface area contributed by atoms with Crippen LogP contribution in [-0.4, -0.2) is 37.1 Å². The van der Waals surface area contributed by atoms with Crippen LogP contribution in [0.3, 0.4) is 0 Å². The van der Waals surface area contributed by atoms with Crippen molar-refractivity contribution in [2.75, 3.05) is 0 Å². The summed E-state index contributed by atoms with van der Waals surface area (Å²) in [5.41, 5.74) is 6.18. The number of rotatable bonds is 4. The molecular formula is C64H42BBrN4O2. The third-order valence-electron chi connectivity index (χ3n) is 13.4. The lowest BCUT2D eigenvalue weighted by Gasteiger charge is -2.16. The summed E-state index contributed by atoms with van der Waals surface area (Å²) in [4.78, 5) is 18.1. The Labute approximate surface area is 423 Å². The van der Waals surface area contributed by atoms with E-state index in [-0.39, 0.29) is 0 Å². The number of hydrogen-bond acceptors (Lipinski definition) is 6. The average Bonchev–Trinajstić information content (AvgIpc) is 3.45. The van der Waals surface area contributed by atoms with Gasteiger partial charge in [0.2, 0.25) is 0 Å². The van der Waals surface area contributed by atoms with Gasteiger partial charge in [-0.25, -0.2) is 9.97 Å². The minimum absolute atomic E-state index is 0.545. The van der Waals surface area contributed by atoms with E-state index in [2.05, 4.69) is 164 Å². The van der Waals surface area contributed by atoms with E-state index in [0.29, 0.717) is 5.46 Å². The molecule has 0 saturated carbocycles. The monoisotopic (exact) mass is 988 g/mol. The van der Waals surface area contributed by atoms with Crippen LogP contribution >= 0.6 is 15.9 Å². The molecule has 10 aromatic carbocycles. The van der Waals surface area contributed by atoms with E-state index in [9.17, 15) is 10.0 Å². The molecule has 0 unspecified atom stereocenters. The minimum Gasteiger partial charge on any atom is -0.423 e. The molecule has 14 rings (SSSR count). The number of aromatic nitrogens is 4. The van der Waals surface area contributed by atoms with Crippen molar-refractivity contribution in [2.45, 2.75) is 0 Å². The van der Waals surface area contributed by atoms with Gasteiger partial charge in [-0.05, 0) is 162 Å². The number of nitrogens with zero attached hydrogens (tertiary/aromatic N) is 4. The SMILES string of the molecule is Brc1cccc(-c2ccccn2)n1.OB(O)c1cc2c3ccccc3c3ccccc3c2c2ccccc12.c1ccc(-c2cccc(-c3cc4c5ccccc5c5ccccc5c4c4ccccc34)n2)nc1. The Balaban J connectivity index is 0.000000122. The van der Waals surface area contributed by atoms with E-state index in [4.69, 9.17) is 4.98 Å². The van der Waals surface area contributed by atoms with Gasteiger partial charge in [0.15, 0.2) is 0 Å². The van der Waals surface area contributed by atoms with Gasteiger partial charge in [0, 0.05) is 18.0 Å². The highest BCUT2D eigenvalue weighted by Crippen LogP contribution is 2.43. The van der Waals surface area contributed by atoms with Crippen molar-refractivity contribution in [1.82, 2.24) is 19.9 Å². The molecule has 8 heteroatoms. The van der Waals surface area contributed by atoms with E-state index in [1.54, 1.807) is 6.20 Å². The predicted octanol–water partition coefficient (Wildman–Crippen LogP) is 15.3. The molecule has 0 radical (unpaired) electrons. The predicted molar refractivity (Wildman–Crippen MR) is 304 cm³/mol. The maximum Gasteiger partial charge on any atom is 0.489 e. The Morgan fingerprint density at radius 2 is 0.639 bits per heavy atom. The van der Waals surface area contributed by atoms with Gasteiger partial charge in [0.05, 0.1) is 28.5 Å². The number of hydrogen-bond donors (Lipinski definition) is 2. The van der Waals surface area contributed by atoms with Crippen molar-refractivity contribution in [1.29, 1.82) is 0 Å². The van der Waals surface area contributed by atoms with E-state index >= 15 is 0 Å². The van der Waals surface area contributed by atoms with Gasteiger partial charge in [-0.2, -0.15) is 0 Å². The maximum absolute atomic E-state index is 9.92. The first kappa shape index (κ1) is 44.5. The second-order valence-electron chi connectivity index (χ2n) is 17.6. The highest BCUT2D eigenvalue weighted by atomic mass is 79.9. The zero-order valence-electron chi connectivity index (χ0n) is 38.7. The molecule has 0 aliphatic heterocycles. The van der Waals surface area contributed by atoms with Crippen LogP contribution in [0.5, 0.6) is 0 Å². The quantitative estimate of drug-likeness (QED) is 0.104. The van der Waals surface area contributed by atoms with Gasteiger partial charge in [-0.1, -0.05) is 176 Å². The zero-order chi connectivity index (χ0) is 48.5. The molecule has 0 aliphatic rings. The summed E-state index contributed by atoms with van der Waals surface area (Å²) < 4.78 is 0.829. The number of fused-ring (bicyclic) bond motifs is 16. The highest BCUT2D eigenvalue weighted by Gasteiger charge is 2.20. The third kappa shape index (κ3) is 8.17. The Bertz CT molecular complexity index is 4340. The Kier molecular flexibility index (Phi) is 11.9. The van der Waals surface area contributed by atoms with Crippen molar-refractivity contribution in [3.63, 3.8) is 0 Å². The normalized spacial score (nSPS) is 11.3. The van der Waals surface area contributed by atoms with E-state index in [1.165, 1.54) is 59.2 Å². The lowest BCUT2D eigenvalue weighted by Crippen LogP contribution is -2.30. The summed E-state index contributed by atoms with van der Waals surface area (Å²) in [6, 6.07) is 78.8. The molecule has 0 amide bonds. The molecule has 340 valence electrons. The number of halogens is 1. The maximum atomic E-state index is 9.92. The first-order valence-corrected chi connectivity index (χ1v) is 24.6. The van der Waals surface area contributed by atoms with Crippen LogP contribution in [0.1, 0.15) is 0 Å². The topological polar surface area (TPSA) is 92.0 Å². The number of benzene rings is 10. The lowest BCUT2D eigenvalue weighted by atomic mass is 9.75. The fraction of sp³-hybridized carbons (Fsp3) is 0. The second kappa shape index (κ2) is 19.3. The van der Waals surface area contributed by atoms with Crippen molar-refractivity contribution >= 4 is 115 Å². The van der Waals surface area contributed by atoms with Gasteiger partial charge in [0.25, 0.3) is 0 Å². The van der Waals surface area contributed by atoms with Crippen LogP contribution in [0.2, 0.25) is 0 Å². The third-order valence-corrected chi connectivity index (χ3v) is 13.8. The zero-order valence-corrected chi connectivity index (χ0v) is 40.3. The molecule has 4 heterocycles. The molecule has 6 nitrogen and oxygen atoms in total. The van der Waals surface area contributed by atoms with E-state index < -0.39 is 7.12 Å². The van der Waals surface area contributed by atoms with Crippen LogP contribution < -0.4 is 5.46 Å². The Morgan fingerprint density at radius 3 is 1.11 bits per heavy atom. The first-order chi connectivity index (χ1) is 35.5. The van der Waals surface area contributed by atoms with Crippen molar-refractivity contribution < 1.29 is 10.0 Å². The smallest absolute Gasteiger partial charge is 0.423 e. The number of pyridine rings is 4. The fourth-order valence-corrected chi connectivity index (χ4v) is 10.6. The van der Waals surface area contributed by atoms with Gasteiger partial charge >= 0.3 is 7.12 Å². The largest absolute Gasteiger partial charge is 0.489 e. The molecule has 0 saturated heterocycles. The molecule has 0 fully saturated rings. The van der Waals surface area contributed by atoms with Crippen LogP contribution in [-0.2, 0) is 0 Å². The lowest BCUT2D eigenvalue weighted by molar-refractivity contribution is 0.426. The van der Waals surface area contributed by atoms with Gasteiger partial charge in [0.1, 0.15) is 4.60 Å². The summed E-state index contributed by atoms with van der Waals surface area (Å²) in [5.74, 6) is 0. The fourth-order valence-electron chi connectivity index (χ4n) is 10.3. The molecule has 0 aliphatic carbocycles. The van der Waals surface area contributed by atoms with Crippen LogP contribution in [0.15, 0.2) is 248 Å². The van der Waals surface area contributed by atoms with Crippen molar-refractivity contribution in [3.8, 4) is 34.0 Å². The van der Waals surface area contributed by atoms with Gasteiger partial charge in [-0.3, -0.25) is 9.97 Å². The second-order valence-corrected chi connectivity index (χ2v) is 18.4. The highest BCUT2D eigenvalue weighted by molar-refractivity contribution is 9.10. The molecule has 0 bridgehead atoms. The van der Waals surface area contributed by atoms with Crippen LogP contribution in [0.25, 0.3) is 120 Å². The molecule has 2 N–H and O–H groups in total. The summed E-state index contributed by atoms with van der Waals surface area (Å²) in [6.07, 6.45) is 3.57. The molecular weight excluding hydrogens is 947 g/mol. The van der Waals surface area contributed by atoms with Crippen LogP contribution in [0, 0.1) is 0 Å². The molecule has 0 spiro atoms. The van der Waals surface area contributed by atoms with Crippen molar-refractivity contribution in [3.05, 3.63) is 248 Å². The minimum atomic E-state index is -1.50. The van der Waals surface area contributed by atoms with Crippen molar-refractivity contribution in [2.24, 2.45) is 0 Å². The summed E-state index contributed by atoms with van der Waals surface area (Å²) in [6.45, 7) is 0. The van der Waals surface area contributed by atoms with Crippen LogP contribution in [0.4, 0.5) is 0 Å². The summed E-state index contributed by atoms with van der Waals surface area (Å²) in [5, 5.41) is 38.8. The molecule has 0 atom stereocenters. The van der Waals surface area contributed by atoms with Gasteiger partial charge in [-0.15, -0.1) is 0 Å². The van der Waals surface area contributed by atoms with Gasteiger partial charge < -0.3 is 10.0 Å². The molecule has 4 aromatic heterocycles. The summed E-state index contributed by atoms with van der Waals surface area (Å²) in [7, 11) is -1.50. The Morgan fingerprint density at radius 1 is 0.292 bits per heavy atom.